The highest BCUT2D eigenvalue weighted by Gasteiger charge is 2.40. The molecule has 0 saturated heterocycles. The third-order valence-corrected chi connectivity index (χ3v) is 7.35. The minimum Gasteiger partial charge on any atom is -0.268 e. The van der Waals surface area contributed by atoms with Gasteiger partial charge in [0.05, 0.1) is 11.3 Å². The van der Waals surface area contributed by atoms with Crippen LogP contribution in [0.15, 0.2) is 52.5 Å². The molecule has 1 aliphatic rings. The summed E-state index contributed by atoms with van der Waals surface area (Å²) in [6.07, 6.45) is 0. The summed E-state index contributed by atoms with van der Waals surface area (Å²) >= 11 is 1.30. The first kappa shape index (κ1) is 18.6. The number of carbonyl (C=O) groups excluding carboxylic acids is 1. The van der Waals surface area contributed by atoms with E-state index in [1.54, 1.807) is 16.8 Å². The maximum Gasteiger partial charge on any atom is 0.269 e. The van der Waals surface area contributed by atoms with Gasteiger partial charge in [-0.2, -0.15) is 4.68 Å². The van der Waals surface area contributed by atoms with E-state index in [1.807, 2.05) is 32.0 Å². The fourth-order valence-electron chi connectivity index (χ4n) is 2.96. The largest absolute Gasteiger partial charge is 0.269 e. The molecule has 0 aliphatic carbocycles. The molecule has 1 aliphatic heterocycles. The van der Waals surface area contributed by atoms with Crippen molar-refractivity contribution in [3.8, 4) is 5.69 Å². The number of fused-ring (bicyclic) bond motifs is 1. The Labute approximate surface area is 166 Å². The molecular formula is C18H17N5O3S2. The highest BCUT2D eigenvalue weighted by atomic mass is 32.2. The van der Waals surface area contributed by atoms with Crippen LogP contribution in [-0.4, -0.2) is 51.1 Å². The summed E-state index contributed by atoms with van der Waals surface area (Å²) in [5.41, 5.74) is 3.33. The van der Waals surface area contributed by atoms with Crippen LogP contribution in [0.2, 0.25) is 0 Å². The maximum atomic E-state index is 12.6. The normalized spacial score (nSPS) is 15.1. The van der Waals surface area contributed by atoms with E-state index in [9.17, 15) is 13.2 Å². The van der Waals surface area contributed by atoms with Crippen molar-refractivity contribution in [2.75, 3.05) is 12.3 Å². The molecule has 0 radical (unpaired) electrons. The summed E-state index contributed by atoms with van der Waals surface area (Å²) in [5, 5.41) is 12.3. The van der Waals surface area contributed by atoms with Crippen molar-refractivity contribution in [1.82, 2.24) is 24.5 Å². The van der Waals surface area contributed by atoms with Crippen LogP contribution >= 0.6 is 11.8 Å². The lowest BCUT2D eigenvalue weighted by Gasteiger charge is -2.14. The number of aromatic nitrogens is 4. The Morgan fingerprint density at radius 3 is 2.61 bits per heavy atom. The Balaban J connectivity index is 1.50. The van der Waals surface area contributed by atoms with Crippen LogP contribution in [-0.2, 0) is 10.0 Å². The Hall–Kier alpha value is -2.72. The summed E-state index contributed by atoms with van der Waals surface area (Å²) < 4.78 is 27.7. The van der Waals surface area contributed by atoms with Gasteiger partial charge in [-0.1, -0.05) is 30.0 Å². The second-order valence-electron chi connectivity index (χ2n) is 6.37. The lowest BCUT2D eigenvalue weighted by Crippen LogP contribution is -2.32. The number of carbonyl (C=O) groups is 1. The highest BCUT2D eigenvalue weighted by Crippen LogP contribution is 2.30. The average molecular weight is 416 g/mol. The van der Waals surface area contributed by atoms with E-state index >= 15 is 0 Å². The predicted octanol–water partition coefficient (Wildman–Crippen LogP) is 2.22. The fraction of sp³-hybridized carbons (Fsp3) is 0.222. The number of nitrogens with zero attached hydrogens (tertiary/aromatic N) is 5. The van der Waals surface area contributed by atoms with Crippen LogP contribution in [0.25, 0.3) is 5.69 Å². The number of hydrogen-bond acceptors (Lipinski definition) is 7. The van der Waals surface area contributed by atoms with Gasteiger partial charge in [-0.15, -0.1) is 5.10 Å². The quantitative estimate of drug-likeness (QED) is 0.589. The molecule has 1 amide bonds. The van der Waals surface area contributed by atoms with Gasteiger partial charge in [0.25, 0.3) is 15.9 Å². The first-order valence-electron chi connectivity index (χ1n) is 8.54. The second kappa shape index (κ2) is 7.02. The lowest BCUT2D eigenvalue weighted by atomic mass is 10.1. The van der Waals surface area contributed by atoms with Crippen molar-refractivity contribution in [1.29, 1.82) is 0 Å². The summed E-state index contributed by atoms with van der Waals surface area (Å²) in [7, 11) is -3.80. The van der Waals surface area contributed by atoms with Crippen molar-refractivity contribution in [3.05, 3.63) is 59.2 Å². The molecule has 2 heterocycles. The SMILES string of the molecule is Cc1ccc(-n2nnnc2SCCN2C(=O)c3ccccc3S2(=O)=O)cc1C. The number of aryl methyl sites for hydroxylation is 2. The molecule has 0 N–H and O–H groups in total. The van der Waals surface area contributed by atoms with Crippen LogP contribution in [0.5, 0.6) is 0 Å². The van der Waals surface area contributed by atoms with Crippen molar-refractivity contribution in [2.24, 2.45) is 0 Å². The zero-order valence-electron chi connectivity index (χ0n) is 15.2. The van der Waals surface area contributed by atoms with Gasteiger partial charge in [0.1, 0.15) is 4.90 Å². The molecule has 0 atom stereocenters. The van der Waals surface area contributed by atoms with E-state index in [-0.39, 0.29) is 17.0 Å². The summed E-state index contributed by atoms with van der Waals surface area (Å²) in [5.74, 6) is -0.158. The van der Waals surface area contributed by atoms with E-state index in [0.29, 0.717) is 10.9 Å². The van der Waals surface area contributed by atoms with Crippen molar-refractivity contribution in [3.63, 3.8) is 0 Å². The van der Waals surface area contributed by atoms with Crippen molar-refractivity contribution < 1.29 is 13.2 Å². The van der Waals surface area contributed by atoms with Gasteiger partial charge in [0.2, 0.25) is 5.16 Å². The van der Waals surface area contributed by atoms with Crippen LogP contribution in [0.1, 0.15) is 21.5 Å². The topological polar surface area (TPSA) is 98.1 Å². The predicted molar refractivity (Wildman–Crippen MR) is 104 cm³/mol. The smallest absolute Gasteiger partial charge is 0.268 e. The van der Waals surface area contributed by atoms with Gasteiger partial charge < -0.3 is 0 Å². The lowest BCUT2D eigenvalue weighted by molar-refractivity contribution is 0.0876. The van der Waals surface area contributed by atoms with E-state index in [4.69, 9.17) is 0 Å². The first-order valence-corrected chi connectivity index (χ1v) is 11.0. The number of amides is 1. The molecule has 8 nitrogen and oxygen atoms in total. The van der Waals surface area contributed by atoms with E-state index < -0.39 is 15.9 Å². The van der Waals surface area contributed by atoms with E-state index in [1.165, 1.54) is 29.5 Å². The highest BCUT2D eigenvalue weighted by molar-refractivity contribution is 7.99. The molecule has 0 bridgehead atoms. The zero-order valence-corrected chi connectivity index (χ0v) is 16.9. The fourth-order valence-corrected chi connectivity index (χ4v) is 5.46. The van der Waals surface area contributed by atoms with Gasteiger partial charge in [0, 0.05) is 12.3 Å². The number of hydrogen-bond donors (Lipinski definition) is 0. The number of sulfonamides is 1. The monoisotopic (exact) mass is 415 g/mol. The Bertz CT molecular complexity index is 1170. The van der Waals surface area contributed by atoms with Gasteiger partial charge in [-0.3, -0.25) is 4.79 Å². The van der Waals surface area contributed by atoms with Crippen molar-refractivity contribution in [2.45, 2.75) is 23.9 Å². The number of benzene rings is 2. The molecule has 0 saturated carbocycles. The third kappa shape index (κ3) is 3.08. The van der Waals surface area contributed by atoms with Crippen molar-refractivity contribution >= 4 is 27.7 Å². The molecule has 144 valence electrons. The molecule has 0 spiro atoms. The average Bonchev–Trinajstić information content (AvgIpc) is 3.21. The first-order chi connectivity index (χ1) is 13.4. The number of rotatable bonds is 5. The van der Waals surface area contributed by atoms with Crippen LogP contribution in [0, 0.1) is 13.8 Å². The van der Waals surface area contributed by atoms with Gasteiger partial charge in [-0.25, -0.2) is 12.7 Å². The zero-order chi connectivity index (χ0) is 19.9. The number of thioether (sulfide) groups is 1. The minimum atomic E-state index is -3.80. The molecule has 3 aromatic rings. The Morgan fingerprint density at radius 2 is 1.86 bits per heavy atom. The Morgan fingerprint density at radius 1 is 1.07 bits per heavy atom. The maximum absolute atomic E-state index is 12.6. The standard InChI is InChI=1S/C18H17N5O3S2/c1-12-7-8-14(11-13(12)2)23-18(19-20-21-23)27-10-9-22-17(24)15-5-3-4-6-16(15)28(22,25)26/h3-8,11H,9-10H2,1-2H3. The van der Waals surface area contributed by atoms with Crippen LogP contribution in [0.3, 0.4) is 0 Å². The van der Waals surface area contributed by atoms with Crippen LogP contribution < -0.4 is 0 Å². The third-order valence-electron chi connectivity index (χ3n) is 4.61. The molecular weight excluding hydrogens is 398 g/mol. The van der Waals surface area contributed by atoms with Gasteiger partial charge >= 0.3 is 0 Å². The summed E-state index contributed by atoms with van der Waals surface area (Å²) in [4.78, 5) is 12.5. The summed E-state index contributed by atoms with van der Waals surface area (Å²) in [6.45, 7) is 4.08. The van der Waals surface area contributed by atoms with E-state index in [2.05, 4.69) is 15.5 Å². The Kier molecular flexibility index (Phi) is 4.68. The molecule has 10 heteroatoms. The summed E-state index contributed by atoms with van der Waals surface area (Å²) in [6, 6.07) is 12.2. The van der Waals surface area contributed by atoms with Gasteiger partial charge in [0.15, 0.2) is 0 Å². The second-order valence-corrected chi connectivity index (χ2v) is 9.26. The molecule has 0 unspecified atom stereocenters. The number of tetrazole rings is 1. The molecule has 2 aromatic carbocycles. The van der Waals surface area contributed by atoms with E-state index in [0.717, 1.165) is 15.6 Å². The molecule has 28 heavy (non-hydrogen) atoms. The molecule has 4 rings (SSSR count). The minimum absolute atomic E-state index is 0.0420. The molecule has 0 fully saturated rings. The molecule has 1 aromatic heterocycles. The van der Waals surface area contributed by atoms with Crippen LogP contribution in [0.4, 0.5) is 0 Å². The van der Waals surface area contributed by atoms with Gasteiger partial charge in [-0.05, 0) is 59.7 Å².